The van der Waals surface area contributed by atoms with Crippen LogP contribution in [0.4, 0.5) is 0 Å². The van der Waals surface area contributed by atoms with Gasteiger partial charge in [0.15, 0.2) is 0 Å². The van der Waals surface area contributed by atoms with Gasteiger partial charge in [-0.25, -0.2) is 0 Å². The summed E-state index contributed by atoms with van der Waals surface area (Å²) in [6.07, 6.45) is 3.10. The van der Waals surface area contributed by atoms with Crippen molar-refractivity contribution in [2.75, 3.05) is 6.61 Å². The number of ether oxygens (including phenoxy) is 1. The second kappa shape index (κ2) is 6.88. The number of hydrogen-bond acceptors (Lipinski definition) is 2. The topological polar surface area (TPSA) is 40.2 Å². The number of rotatable bonds is 6. The molecule has 0 aliphatic rings. The molecular formula is C20H24N2O. The normalized spacial score (nSPS) is 12.5. The molecule has 3 nitrogen and oxygen atoms in total. The summed E-state index contributed by atoms with van der Waals surface area (Å²) >= 11 is 0. The lowest BCUT2D eigenvalue weighted by Gasteiger charge is -2.07. The fourth-order valence-corrected chi connectivity index (χ4v) is 3.03. The summed E-state index contributed by atoms with van der Waals surface area (Å²) in [6, 6.07) is 17.0. The fourth-order valence-electron chi connectivity index (χ4n) is 3.03. The van der Waals surface area contributed by atoms with E-state index in [9.17, 15) is 0 Å². The van der Waals surface area contributed by atoms with Crippen molar-refractivity contribution in [2.45, 2.75) is 32.9 Å². The highest BCUT2D eigenvalue weighted by molar-refractivity contribution is 5.85. The molecule has 23 heavy (non-hydrogen) atoms. The predicted octanol–water partition coefficient (Wildman–Crippen LogP) is 3.98. The quantitative estimate of drug-likeness (QED) is 0.748. The zero-order chi connectivity index (χ0) is 16.2. The first kappa shape index (κ1) is 15.6. The molecule has 0 saturated carbocycles. The molecule has 0 spiro atoms. The zero-order valence-corrected chi connectivity index (χ0v) is 13.8. The van der Waals surface area contributed by atoms with Gasteiger partial charge in [-0.05, 0) is 49.6 Å². The van der Waals surface area contributed by atoms with E-state index >= 15 is 0 Å². The van der Waals surface area contributed by atoms with Gasteiger partial charge >= 0.3 is 0 Å². The largest absolute Gasteiger partial charge is 0.494 e. The second-order valence-corrected chi connectivity index (χ2v) is 6.06. The average Bonchev–Trinajstić information content (AvgIpc) is 2.85. The lowest BCUT2D eigenvalue weighted by Crippen LogP contribution is -2.17. The van der Waals surface area contributed by atoms with E-state index in [1.165, 1.54) is 22.0 Å². The minimum absolute atomic E-state index is 0.140. The van der Waals surface area contributed by atoms with Crippen molar-refractivity contribution in [1.82, 2.24) is 4.57 Å². The van der Waals surface area contributed by atoms with Crippen LogP contribution in [0.15, 0.2) is 54.7 Å². The van der Waals surface area contributed by atoms with E-state index in [0.717, 1.165) is 18.7 Å². The molecule has 0 aliphatic heterocycles. The molecule has 2 aromatic carbocycles. The molecule has 0 amide bonds. The first-order valence-corrected chi connectivity index (χ1v) is 8.21. The summed E-state index contributed by atoms with van der Waals surface area (Å²) in [6.45, 7) is 5.60. The molecule has 3 rings (SSSR count). The molecule has 1 atom stereocenters. The maximum atomic E-state index is 6.03. The van der Waals surface area contributed by atoms with Crippen LogP contribution in [0.1, 0.15) is 25.0 Å². The van der Waals surface area contributed by atoms with Crippen molar-refractivity contribution in [3.63, 3.8) is 0 Å². The highest BCUT2D eigenvalue weighted by Crippen LogP contribution is 2.27. The summed E-state index contributed by atoms with van der Waals surface area (Å²) in [5.41, 5.74) is 9.84. The summed E-state index contributed by atoms with van der Waals surface area (Å²) in [5.74, 6) is 0.920. The van der Waals surface area contributed by atoms with Gasteiger partial charge in [-0.3, -0.25) is 0 Å². The van der Waals surface area contributed by atoms with Gasteiger partial charge in [0.1, 0.15) is 5.75 Å². The maximum Gasteiger partial charge on any atom is 0.120 e. The maximum absolute atomic E-state index is 6.03. The minimum Gasteiger partial charge on any atom is -0.494 e. The van der Waals surface area contributed by atoms with Crippen LogP contribution in [0.2, 0.25) is 0 Å². The molecule has 120 valence electrons. The Morgan fingerprint density at radius 3 is 2.61 bits per heavy atom. The van der Waals surface area contributed by atoms with Gasteiger partial charge < -0.3 is 15.0 Å². The highest BCUT2D eigenvalue weighted by Gasteiger charge is 2.11. The first-order valence-electron chi connectivity index (χ1n) is 8.21. The number of nitrogens with two attached hydrogens (primary N) is 1. The summed E-state index contributed by atoms with van der Waals surface area (Å²) in [5, 5.41) is 1.24. The molecule has 1 heterocycles. The molecule has 0 aliphatic carbocycles. The Bertz CT molecular complexity index is 775. The smallest absolute Gasteiger partial charge is 0.120 e. The molecule has 3 heteroatoms. The van der Waals surface area contributed by atoms with Gasteiger partial charge in [0.25, 0.3) is 0 Å². The van der Waals surface area contributed by atoms with Crippen LogP contribution in [0, 0.1) is 0 Å². The van der Waals surface area contributed by atoms with E-state index < -0.39 is 0 Å². The highest BCUT2D eigenvalue weighted by atomic mass is 16.5. The Kier molecular flexibility index (Phi) is 4.68. The van der Waals surface area contributed by atoms with Gasteiger partial charge in [-0.15, -0.1) is 0 Å². The molecule has 1 aromatic heterocycles. The van der Waals surface area contributed by atoms with Crippen LogP contribution in [0.5, 0.6) is 5.75 Å². The zero-order valence-electron chi connectivity index (χ0n) is 13.8. The van der Waals surface area contributed by atoms with E-state index in [4.69, 9.17) is 10.5 Å². The molecule has 0 bridgehead atoms. The third kappa shape index (κ3) is 3.57. The Morgan fingerprint density at radius 1 is 1.13 bits per heavy atom. The number of benzene rings is 2. The standard InChI is InChI=1S/C20H24N2O/c1-3-23-18-9-10-20-19(12-18)17(11-15(2)21)14-22(20)13-16-7-5-4-6-8-16/h4-10,12,14-15H,3,11,13,21H2,1-2H3. The molecule has 0 saturated heterocycles. The van der Waals surface area contributed by atoms with Crippen molar-refractivity contribution >= 4 is 10.9 Å². The van der Waals surface area contributed by atoms with Gasteiger partial charge in [0.2, 0.25) is 0 Å². The Labute approximate surface area is 137 Å². The molecular weight excluding hydrogens is 284 g/mol. The van der Waals surface area contributed by atoms with Crippen LogP contribution in [-0.4, -0.2) is 17.2 Å². The predicted molar refractivity (Wildman–Crippen MR) is 96.0 cm³/mol. The van der Waals surface area contributed by atoms with E-state index in [-0.39, 0.29) is 6.04 Å². The summed E-state index contributed by atoms with van der Waals surface area (Å²) in [7, 11) is 0. The number of hydrogen-bond donors (Lipinski definition) is 1. The van der Waals surface area contributed by atoms with Gasteiger partial charge in [0.05, 0.1) is 6.61 Å². The van der Waals surface area contributed by atoms with Gasteiger partial charge in [-0.1, -0.05) is 30.3 Å². The van der Waals surface area contributed by atoms with Gasteiger partial charge in [-0.2, -0.15) is 0 Å². The average molecular weight is 308 g/mol. The molecule has 1 unspecified atom stereocenters. The van der Waals surface area contributed by atoms with E-state index in [1.807, 2.05) is 26.0 Å². The van der Waals surface area contributed by atoms with E-state index in [2.05, 4.69) is 47.2 Å². The second-order valence-electron chi connectivity index (χ2n) is 6.06. The lowest BCUT2D eigenvalue weighted by atomic mass is 10.1. The SMILES string of the molecule is CCOc1ccc2c(c1)c(CC(C)N)cn2Cc1ccccc1. The summed E-state index contributed by atoms with van der Waals surface area (Å²) < 4.78 is 7.96. The van der Waals surface area contributed by atoms with Crippen LogP contribution < -0.4 is 10.5 Å². The van der Waals surface area contributed by atoms with Crippen molar-refractivity contribution in [2.24, 2.45) is 5.73 Å². The van der Waals surface area contributed by atoms with E-state index in [1.54, 1.807) is 0 Å². The molecule has 0 fully saturated rings. The molecule has 0 radical (unpaired) electrons. The van der Waals surface area contributed by atoms with Crippen molar-refractivity contribution in [1.29, 1.82) is 0 Å². The van der Waals surface area contributed by atoms with Crippen molar-refractivity contribution in [3.8, 4) is 5.75 Å². The minimum atomic E-state index is 0.140. The number of nitrogens with zero attached hydrogens (tertiary/aromatic N) is 1. The van der Waals surface area contributed by atoms with Gasteiger partial charge in [0, 0.05) is 29.7 Å². The Hall–Kier alpha value is -2.26. The third-order valence-corrected chi connectivity index (χ3v) is 3.98. The number of aromatic nitrogens is 1. The third-order valence-electron chi connectivity index (χ3n) is 3.98. The first-order chi connectivity index (χ1) is 11.2. The summed E-state index contributed by atoms with van der Waals surface area (Å²) in [4.78, 5) is 0. The van der Waals surface area contributed by atoms with E-state index in [0.29, 0.717) is 6.61 Å². The molecule has 3 aromatic rings. The van der Waals surface area contributed by atoms with Crippen molar-refractivity contribution < 1.29 is 4.74 Å². The number of fused-ring (bicyclic) bond motifs is 1. The van der Waals surface area contributed by atoms with Crippen LogP contribution in [0.3, 0.4) is 0 Å². The fraction of sp³-hybridized carbons (Fsp3) is 0.300. The van der Waals surface area contributed by atoms with Crippen LogP contribution >= 0.6 is 0 Å². The Balaban J connectivity index is 2.03. The van der Waals surface area contributed by atoms with Crippen molar-refractivity contribution in [3.05, 3.63) is 65.9 Å². The monoisotopic (exact) mass is 308 g/mol. The van der Waals surface area contributed by atoms with Crippen LogP contribution in [0.25, 0.3) is 10.9 Å². The Morgan fingerprint density at radius 2 is 1.91 bits per heavy atom. The van der Waals surface area contributed by atoms with Crippen LogP contribution in [-0.2, 0) is 13.0 Å². The lowest BCUT2D eigenvalue weighted by molar-refractivity contribution is 0.340. The molecule has 2 N–H and O–H groups in total.